The Bertz CT molecular complexity index is 718. The van der Waals surface area contributed by atoms with E-state index in [1.54, 1.807) is 0 Å². The summed E-state index contributed by atoms with van der Waals surface area (Å²) >= 11 is 0. The number of hydrogen-bond donors (Lipinski definition) is 3. The highest BCUT2D eigenvalue weighted by molar-refractivity contribution is 7.47. The van der Waals surface area contributed by atoms with Crippen molar-refractivity contribution in [2.75, 3.05) is 40.9 Å². The highest BCUT2D eigenvalue weighted by Crippen LogP contribution is 2.43. The third kappa shape index (κ3) is 31.8. The molecule has 0 aromatic carbocycles. The van der Waals surface area contributed by atoms with Gasteiger partial charge in [-0.1, -0.05) is 155 Å². The molecule has 8 nitrogen and oxygen atoms in total. The fourth-order valence-electron chi connectivity index (χ4n) is 5.52. The van der Waals surface area contributed by atoms with Gasteiger partial charge in [-0.25, -0.2) is 4.57 Å². The van der Waals surface area contributed by atoms with Gasteiger partial charge in [-0.15, -0.1) is 0 Å². The van der Waals surface area contributed by atoms with E-state index in [1.807, 2.05) is 21.1 Å². The number of hydrogen-bond acceptors (Lipinski definition) is 5. The maximum absolute atomic E-state index is 12.8. The molecular formula is C36H76N2O6P+. The lowest BCUT2D eigenvalue weighted by atomic mass is 10.0. The van der Waals surface area contributed by atoms with Crippen molar-refractivity contribution in [2.45, 2.75) is 187 Å². The number of amides is 1. The number of likely N-dealkylation sites (N-methyl/N-ethyl adjacent to an activating group) is 1. The maximum atomic E-state index is 12.8. The maximum Gasteiger partial charge on any atom is 0.472 e. The van der Waals surface area contributed by atoms with E-state index in [0.29, 0.717) is 23.9 Å². The van der Waals surface area contributed by atoms with Crippen molar-refractivity contribution in [3.8, 4) is 0 Å². The van der Waals surface area contributed by atoms with E-state index >= 15 is 0 Å². The normalized spacial score (nSPS) is 14.7. The minimum absolute atomic E-state index is 0.0779. The van der Waals surface area contributed by atoms with Crippen molar-refractivity contribution in [3.63, 3.8) is 0 Å². The first-order valence-corrected chi connectivity index (χ1v) is 20.4. The predicted octanol–water partition coefficient (Wildman–Crippen LogP) is 9.46. The van der Waals surface area contributed by atoms with Crippen LogP contribution in [0.3, 0.4) is 0 Å². The van der Waals surface area contributed by atoms with Crippen molar-refractivity contribution >= 4 is 13.7 Å². The fraction of sp³-hybridized carbons (Fsp3) is 0.972. The average Bonchev–Trinajstić information content (AvgIpc) is 2.97. The van der Waals surface area contributed by atoms with Gasteiger partial charge in [0.15, 0.2) is 0 Å². The molecule has 0 radical (unpaired) electrons. The Morgan fingerprint density at radius 2 is 1.07 bits per heavy atom. The van der Waals surface area contributed by atoms with E-state index in [2.05, 4.69) is 19.2 Å². The van der Waals surface area contributed by atoms with Gasteiger partial charge < -0.3 is 19.8 Å². The van der Waals surface area contributed by atoms with Gasteiger partial charge in [0.2, 0.25) is 5.91 Å². The first-order chi connectivity index (χ1) is 21.5. The molecule has 0 aliphatic carbocycles. The van der Waals surface area contributed by atoms with E-state index < -0.39 is 20.0 Å². The van der Waals surface area contributed by atoms with Gasteiger partial charge in [0, 0.05) is 6.42 Å². The van der Waals surface area contributed by atoms with Gasteiger partial charge in [-0.2, -0.15) is 0 Å². The standard InChI is InChI=1S/C36H75N2O6P/c1-6-8-10-12-14-16-18-19-20-22-24-26-28-30-36(40)37-34(33-44-45(41,42)43-32-31-38(3,4)5)35(39)29-27-25-23-21-17-15-13-11-9-7-2/h34-35,39H,6-33H2,1-5H3,(H-,37,40,41,42)/p+1/t34-,35+/m0/s1. The van der Waals surface area contributed by atoms with Crippen LogP contribution in [0.25, 0.3) is 0 Å². The van der Waals surface area contributed by atoms with Crippen LogP contribution in [0.1, 0.15) is 174 Å². The van der Waals surface area contributed by atoms with Crippen LogP contribution in [0.4, 0.5) is 0 Å². The van der Waals surface area contributed by atoms with Crippen molar-refractivity contribution in [1.29, 1.82) is 0 Å². The smallest absolute Gasteiger partial charge is 0.391 e. The molecule has 0 spiro atoms. The zero-order valence-corrected chi connectivity index (χ0v) is 31.3. The number of unbranched alkanes of at least 4 members (excludes halogenated alkanes) is 21. The molecule has 3 atom stereocenters. The molecule has 0 saturated heterocycles. The third-order valence-electron chi connectivity index (χ3n) is 8.61. The number of nitrogens with one attached hydrogen (secondary N) is 1. The Labute approximate surface area is 279 Å². The van der Waals surface area contributed by atoms with E-state index in [-0.39, 0.29) is 19.1 Å². The number of aliphatic hydroxyl groups is 1. The van der Waals surface area contributed by atoms with Crippen LogP contribution in [-0.4, -0.2) is 73.4 Å². The van der Waals surface area contributed by atoms with Gasteiger partial charge in [-0.05, 0) is 12.8 Å². The van der Waals surface area contributed by atoms with Crippen molar-refractivity contribution < 1.29 is 32.9 Å². The second kappa shape index (κ2) is 29.6. The van der Waals surface area contributed by atoms with Crippen LogP contribution >= 0.6 is 7.82 Å². The quantitative estimate of drug-likeness (QED) is 0.0360. The molecular weight excluding hydrogens is 587 g/mol. The third-order valence-corrected chi connectivity index (χ3v) is 9.59. The van der Waals surface area contributed by atoms with Gasteiger partial charge in [0.05, 0.1) is 39.9 Å². The average molecular weight is 664 g/mol. The molecule has 0 fully saturated rings. The van der Waals surface area contributed by atoms with Crippen molar-refractivity contribution in [3.05, 3.63) is 0 Å². The van der Waals surface area contributed by atoms with Gasteiger partial charge in [0.25, 0.3) is 0 Å². The highest BCUT2D eigenvalue weighted by atomic mass is 31.2. The lowest BCUT2D eigenvalue weighted by Crippen LogP contribution is -2.46. The number of rotatable bonds is 34. The molecule has 0 aromatic heterocycles. The molecule has 0 aliphatic heterocycles. The van der Waals surface area contributed by atoms with Gasteiger partial charge in [0.1, 0.15) is 13.2 Å². The second-order valence-corrected chi connectivity index (χ2v) is 15.8. The number of nitrogens with zero attached hydrogens (tertiary/aromatic N) is 1. The Balaban J connectivity index is 4.44. The Hall–Kier alpha value is -0.500. The molecule has 9 heteroatoms. The van der Waals surface area contributed by atoms with Crippen LogP contribution in [0.5, 0.6) is 0 Å². The van der Waals surface area contributed by atoms with Crippen LogP contribution in [0.2, 0.25) is 0 Å². The SMILES string of the molecule is CCCCCCCCCCCCCCCC(=O)N[C@@H](COP(=O)(O)OCC[N+](C)(C)C)[C@H](O)CCCCCCCCCCCC. The van der Waals surface area contributed by atoms with Crippen LogP contribution in [-0.2, 0) is 18.4 Å². The number of carbonyl (C=O) groups excluding carboxylic acids is 1. The van der Waals surface area contributed by atoms with E-state index in [1.165, 1.54) is 109 Å². The van der Waals surface area contributed by atoms with Crippen LogP contribution < -0.4 is 5.32 Å². The molecule has 0 aliphatic rings. The number of aliphatic hydroxyl groups excluding tert-OH is 1. The van der Waals surface area contributed by atoms with Gasteiger partial charge in [-0.3, -0.25) is 13.8 Å². The minimum atomic E-state index is -4.29. The largest absolute Gasteiger partial charge is 0.472 e. The molecule has 0 bridgehead atoms. The van der Waals surface area contributed by atoms with E-state index in [0.717, 1.165) is 38.5 Å². The monoisotopic (exact) mass is 664 g/mol. The zero-order chi connectivity index (χ0) is 33.7. The number of phosphoric ester groups is 1. The first-order valence-electron chi connectivity index (χ1n) is 18.9. The van der Waals surface area contributed by atoms with E-state index in [9.17, 15) is 19.4 Å². The summed E-state index contributed by atoms with van der Waals surface area (Å²) in [6, 6.07) is -0.750. The second-order valence-electron chi connectivity index (χ2n) is 14.3. The molecule has 45 heavy (non-hydrogen) atoms. The summed E-state index contributed by atoms with van der Waals surface area (Å²) in [7, 11) is 1.62. The van der Waals surface area contributed by atoms with Gasteiger partial charge >= 0.3 is 7.82 Å². The predicted molar refractivity (Wildman–Crippen MR) is 189 cm³/mol. The molecule has 0 rings (SSSR count). The Morgan fingerprint density at radius 1 is 0.667 bits per heavy atom. The van der Waals surface area contributed by atoms with Crippen LogP contribution in [0, 0.1) is 0 Å². The molecule has 0 heterocycles. The fourth-order valence-corrected chi connectivity index (χ4v) is 6.25. The minimum Gasteiger partial charge on any atom is -0.391 e. The Kier molecular flexibility index (Phi) is 29.3. The zero-order valence-electron chi connectivity index (χ0n) is 30.4. The van der Waals surface area contributed by atoms with Crippen molar-refractivity contribution in [2.24, 2.45) is 0 Å². The van der Waals surface area contributed by atoms with E-state index in [4.69, 9.17) is 9.05 Å². The summed E-state index contributed by atoms with van der Waals surface area (Å²) in [5, 5.41) is 13.8. The molecule has 1 amide bonds. The lowest BCUT2D eigenvalue weighted by Gasteiger charge is -2.26. The lowest BCUT2D eigenvalue weighted by molar-refractivity contribution is -0.870. The number of carbonyl (C=O) groups is 1. The summed E-state index contributed by atoms with van der Waals surface area (Å²) in [4.78, 5) is 23.0. The molecule has 1 unspecified atom stereocenters. The summed E-state index contributed by atoms with van der Waals surface area (Å²) < 4.78 is 23.5. The number of quaternary nitrogens is 1. The topological polar surface area (TPSA) is 105 Å². The van der Waals surface area contributed by atoms with Crippen LogP contribution in [0.15, 0.2) is 0 Å². The Morgan fingerprint density at radius 3 is 1.49 bits per heavy atom. The highest BCUT2D eigenvalue weighted by Gasteiger charge is 2.28. The number of phosphoric acid groups is 1. The summed E-state index contributed by atoms with van der Waals surface area (Å²) in [5.41, 5.74) is 0. The van der Waals surface area contributed by atoms with Crippen molar-refractivity contribution in [1.82, 2.24) is 5.32 Å². The summed E-state index contributed by atoms with van der Waals surface area (Å²) in [6.45, 7) is 4.86. The summed E-state index contributed by atoms with van der Waals surface area (Å²) in [6.07, 6.45) is 28.3. The summed E-state index contributed by atoms with van der Waals surface area (Å²) in [5.74, 6) is -0.146. The molecule has 3 N–H and O–H groups in total. The molecule has 0 saturated carbocycles. The first kappa shape index (κ1) is 44.5. The molecule has 270 valence electrons. The molecule has 0 aromatic rings.